The summed E-state index contributed by atoms with van der Waals surface area (Å²) >= 11 is 3.43. The zero-order valence-electron chi connectivity index (χ0n) is 10.4. The standard InChI is InChI=1S/C14H12N2OS2/c1-10-7-12(17-16-10)14-15-8-13(19-14)18-9-11-5-3-2-4-6-11/h2-8H,9H2,1H3. The zero-order chi connectivity index (χ0) is 13.1. The SMILES string of the molecule is Cc1cc(-c2ncc(SCc3ccccc3)s2)on1. The Morgan fingerprint density at radius 3 is 2.84 bits per heavy atom. The fourth-order valence-electron chi connectivity index (χ4n) is 1.63. The zero-order valence-corrected chi connectivity index (χ0v) is 12.0. The van der Waals surface area contributed by atoms with Crippen LogP contribution < -0.4 is 0 Å². The smallest absolute Gasteiger partial charge is 0.195 e. The first-order chi connectivity index (χ1) is 9.31. The minimum Gasteiger partial charge on any atom is -0.353 e. The van der Waals surface area contributed by atoms with E-state index in [2.05, 4.69) is 34.4 Å². The molecule has 3 rings (SSSR count). The van der Waals surface area contributed by atoms with Crippen LogP contribution in [0.4, 0.5) is 0 Å². The van der Waals surface area contributed by atoms with Crippen LogP contribution in [0.15, 0.2) is 51.3 Å². The van der Waals surface area contributed by atoms with Crippen molar-refractivity contribution in [1.82, 2.24) is 10.1 Å². The van der Waals surface area contributed by atoms with E-state index in [-0.39, 0.29) is 0 Å². The van der Waals surface area contributed by atoms with Gasteiger partial charge in [-0.15, -0.1) is 23.1 Å². The lowest BCUT2D eigenvalue weighted by atomic mass is 10.2. The lowest BCUT2D eigenvalue weighted by Gasteiger charge is -1.97. The number of thiazole rings is 1. The Balaban J connectivity index is 1.68. The Labute approximate surface area is 119 Å². The molecule has 0 radical (unpaired) electrons. The van der Waals surface area contributed by atoms with E-state index in [4.69, 9.17) is 4.52 Å². The van der Waals surface area contributed by atoms with Crippen molar-refractivity contribution in [1.29, 1.82) is 0 Å². The third-order valence-corrected chi connectivity index (χ3v) is 4.82. The van der Waals surface area contributed by atoms with Crippen LogP contribution in [-0.2, 0) is 5.75 Å². The van der Waals surface area contributed by atoms with Crippen LogP contribution >= 0.6 is 23.1 Å². The highest BCUT2D eigenvalue weighted by molar-refractivity contribution is 8.00. The second-order valence-electron chi connectivity index (χ2n) is 4.09. The number of hydrogen-bond donors (Lipinski definition) is 0. The van der Waals surface area contributed by atoms with Crippen LogP contribution in [0, 0.1) is 6.92 Å². The van der Waals surface area contributed by atoms with Gasteiger partial charge in [0.2, 0.25) is 0 Å². The largest absolute Gasteiger partial charge is 0.353 e. The Hall–Kier alpha value is -1.59. The van der Waals surface area contributed by atoms with E-state index in [1.165, 1.54) is 9.77 Å². The first kappa shape index (κ1) is 12.4. The number of nitrogens with zero attached hydrogens (tertiary/aromatic N) is 2. The highest BCUT2D eigenvalue weighted by Gasteiger charge is 2.09. The van der Waals surface area contributed by atoms with Crippen molar-refractivity contribution in [2.24, 2.45) is 0 Å². The maximum atomic E-state index is 5.22. The van der Waals surface area contributed by atoms with Crippen molar-refractivity contribution in [3.05, 3.63) is 53.9 Å². The van der Waals surface area contributed by atoms with Crippen molar-refractivity contribution >= 4 is 23.1 Å². The van der Waals surface area contributed by atoms with Gasteiger partial charge >= 0.3 is 0 Å². The van der Waals surface area contributed by atoms with Gasteiger partial charge in [-0.25, -0.2) is 4.98 Å². The average molecular weight is 288 g/mol. The molecule has 2 aromatic heterocycles. The van der Waals surface area contributed by atoms with Gasteiger partial charge in [-0.05, 0) is 12.5 Å². The fourth-order valence-corrected chi connectivity index (χ4v) is 3.51. The number of aryl methyl sites for hydroxylation is 1. The summed E-state index contributed by atoms with van der Waals surface area (Å²) in [6.45, 7) is 1.91. The number of benzene rings is 1. The molecule has 0 atom stereocenters. The second-order valence-corrected chi connectivity index (χ2v) is 6.40. The van der Waals surface area contributed by atoms with E-state index in [1.807, 2.05) is 25.3 Å². The van der Waals surface area contributed by atoms with Gasteiger partial charge in [-0.3, -0.25) is 0 Å². The second kappa shape index (κ2) is 5.59. The third-order valence-electron chi connectivity index (χ3n) is 2.55. The van der Waals surface area contributed by atoms with Gasteiger partial charge in [-0.1, -0.05) is 35.5 Å². The molecule has 2 heterocycles. The van der Waals surface area contributed by atoms with E-state index in [1.54, 1.807) is 23.1 Å². The third kappa shape index (κ3) is 3.05. The minimum absolute atomic E-state index is 0.745. The van der Waals surface area contributed by atoms with E-state index in [0.717, 1.165) is 22.2 Å². The number of aromatic nitrogens is 2. The predicted octanol–water partition coefficient (Wildman–Crippen LogP) is 4.40. The van der Waals surface area contributed by atoms with Gasteiger partial charge in [0, 0.05) is 11.8 Å². The molecule has 96 valence electrons. The molecule has 3 aromatic rings. The summed E-state index contributed by atoms with van der Waals surface area (Å²) in [4.78, 5) is 4.38. The summed E-state index contributed by atoms with van der Waals surface area (Å²) in [6, 6.07) is 12.3. The normalized spacial score (nSPS) is 10.8. The van der Waals surface area contributed by atoms with Gasteiger partial charge in [-0.2, -0.15) is 0 Å². The molecule has 19 heavy (non-hydrogen) atoms. The molecule has 0 N–H and O–H groups in total. The van der Waals surface area contributed by atoms with Gasteiger partial charge in [0.05, 0.1) is 16.1 Å². The van der Waals surface area contributed by atoms with E-state index in [9.17, 15) is 0 Å². The molecule has 0 saturated carbocycles. The Bertz CT molecular complexity index is 661. The molecule has 0 saturated heterocycles. The highest BCUT2D eigenvalue weighted by atomic mass is 32.2. The van der Waals surface area contributed by atoms with Gasteiger partial charge in [0.1, 0.15) is 0 Å². The van der Waals surface area contributed by atoms with Crippen LogP contribution in [0.1, 0.15) is 11.3 Å². The van der Waals surface area contributed by atoms with Crippen LogP contribution in [0.2, 0.25) is 0 Å². The van der Waals surface area contributed by atoms with Gasteiger partial charge < -0.3 is 4.52 Å². The molecule has 3 nitrogen and oxygen atoms in total. The molecule has 0 bridgehead atoms. The molecule has 5 heteroatoms. The Morgan fingerprint density at radius 2 is 2.11 bits per heavy atom. The summed E-state index contributed by atoms with van der Waals surface area (Å²) < 4.78 is 6.40. The van der Waals surface area contributed by atoms with Gasteiger partial charge in [0.15, 0.2) is 10.8 Å². The molecule has 0 aliphatic carbocycles. The van der Waals surface area contributed by atoms with Crippen LogP contribution in [0.5, 0.6) is 0 Å². The maximum absolute atomic E-state index is 5.22. The lowest BCUT2D eigenvalue weighted by molar-refractivity contribution is 0.427. The van der Waals surface area contributed by atoms with E-state index in [0.29, 0.717) is 0 Å². The Morgan fingerprint density at radius 1 is 1.26 bits per heavy atom. The van der Waals surface area contributed by atoms with Crippen molar-refractivity contribution in [3.8, 4) is 10.8 Å². The van der Waals surface area contributed by atoms with Crippen molar-refractivity contribution in [3.63, 3.8) is 0 Å². The van der Waals surface area contributed by atoms with E-state index < -0.39 is 0 Å². The van der Waals surface area contributed by atoms with Crippen molar-refractivity contribution in [2.75, 3.05) is 0 Å². The first-order valence-electron chi connectivity index (χ1n) is 5.87. The summed E-state index contributed by atoms with van der Waals surface area (Å²) in [5.41, 5.74) is 2.20. The number of rotatable bonds is 4. The summed E-state index contributed by atoms with van der Waals surface area (Å²) in [5.74, 6) is 1.70. The number of thioether (sulfide) groups is 1. The topological polar surface area (TPSA) is 38.9 Å². The van der Waals surface area contributed by atoms with Crippen LogP contribution in [-0.4, -0.2) is 10.1 Å². The quantitative estimate of drug-likeness (QED) is 0.667. The van der Waals surface area contributed by atoms with Crippen LogP contribution in [0.3, 0.4) is 0 Å². The fraction of sp³-hybridized carbons (Fsp3) is 0.143. The summed E-state index contributed by atoms with van der Waals surface area (Å²) in [6.07, 6.45) is 1.89. The summed E-state index contributed by atoms with van der Waals surface area (Å²) in [7, 11) is 0. The predicted molar refractivity (Wildman–Crippen MR) is 78.4 cm³/mol. The molecule has 0 spiro atoms. The molecule has 0 unspecified atom stereocenters. The molecule has 0 amide bonds. The summed E-state index contributed by atoms with van der Waals surface area (Å²) in [5, 5.41) is 4.77. The first-order valence-corrected chi connectivity index (χ1v) is 7.68. The van der Waals surface area contributed by atoms with Crippen molar-refractivity contribution in [2.45, 2.75) is 16.9 Å². The average Bonchev–Trinajstić information content (AvgIpc) is 3.06. The molecular formula is C14H12N2OS2. The minimum atomic E-state index is 0.745. The van der Waals surface area contributed by atoms with Gasteiger partial charge in [0.25, 0.3) is 0 Å². The monoisotopic (exact) mass is 288 g/mol. The molecule has 0 aliphatic heterocycles. The lowest BCUT2D eigenvalue weighted by Crippen LogP contribution is -1.76. The molecule has 1 aromatic carbocycles. The maximum Gasteiger partial charge on any atom is 0.195 e. The molecular weight excluding hydrogens is 276 g/mol. The Kier molecular flexibility index (Phi) is 3.66. The molecule has 0 aliphatic rings. The highest BCUT2D eigenvalue weighted by Crippen LogP contribution is 2.33. The molecule has 0 fully saturated rings. The number of hydrogen-bond acceptors (Lipinski definition) is 5. The van der Waals surface area contributed by atoms with Crippen molar-refractivity contribution < 1.29 is 4.52 Å². The van der Waals surface area contributed by atoms with Crippen LogP contribution in [0.25, 0.3) is 10.8 Å². The van der Waals surface area contributed by atoms with E-state index >= 15 is 0 Å².